The summed E-state index contributed by atoms with van der Waals surface area (Å²) in [4.78, 5) is 0. The first-order valence-electron chi connectivity index (χ1n) is 3.44. The smallest absolute Gasteiger partial charge is 0.0586 e. The lowest BCUT2D eigenvalue weighted by atomic mass is 10.6. The molecule has 0 saturated carbocycles. The molecule has 50 valence electrons. The third-order valence-electron chi connectivity index (χ3n) is 1.68. The summed E-state index contributed by atoms with van der Waals surface area (Å²) in [7, 11) is -0.423. The Labute approximate surface area is 54.0 Å². The molecule has 0 aromatic carbocycles. The van der Waals surface area contributed by atoms with Crippen molar-refractivity contribution in [1.29, 1.82) is 0 Å². The molecule has 0 nitrogen and oxygen atoms in total. The molecule has 0 saturated heterocycles. The van der Waals surface area contributed by atoms with Crippen LogP contribution in [0.3, 0.4) is 0 Å². The Morgan fingerprint density at radius 1 is 1.12 bits per heavy atom. The molecule has 8 heavy (non-hydrogen) atoms. The van der Waals surface area contributed by atoms with E-state index in [9.17, 15) is 0 Å². The molecule has 0 aliphatic heterocycles. The van der Waals surface area contributed by atoms with Crippen LogP contribution >= 0.6 is 7.26 Å². The lowest BCUT2D eigenvalue weighted by molar-refractivity contribution is 1.08. The highest BCUT2D eigenvalue weighted by atomic mass is 31.2. The minimum atomic E-state index is -0.423. The summed E-state index contributed by atoms with van der Waals surface area (Å²) in [5, 5.41) is 0. The second-order valence-electron chi connectivity index (χ2n) is 2.98. The van der Waals surface area contributed by atoms with Gasteiger partial charge in [-0.3, -0.25) is 0 Å². The second kappa shape index (κ2) is 3.45. The maximum Gasteiger partial charge on any atom is 0.0586 e. The molecular weight excluding hydrogens is 115 g/mol. The second-order valence-corrected chi connectivity index (χ2v) is 7.93. The van der Waals surface area contributed by atoms with Gasteiger partial charge in [0.1, 0.15) is 0 Å². The van der Waals surface area contributed by atoms with E-state index in [1.807, 2.05) is 0 Å². The van der Waals surface area contributed by atoms with E-state index < -0.39 is 7.26 Å². The van der Waals surface area contributed by atoms with Crippen molar-refractivity contribution in [1.82, 2.24) is 0 Å². The van der Waals surface area contributed by atoms with Crippen molar-refractivity contribution in [3.63, 3.8) is 0 Å². The minimum Gasteiger partial charge on any atom is -0.0619 e. The van der Waals surface area contributed by atoms with Crippen LogP contribution in [0.2, 0.25) is 0 Å². The van der Waals surface area contributed by atoms with Crippen LogP contribution in [0.15, 0.2) is 0 Å². The highest BCUT2D eigenvalue weighted by molar-refractivity contribution is 7.74. The lowest BCUT2D eigenvalue weighted by Crippen LogP contribution is -1.95. The van der Waals surface area contributed by atoms with E-state index in [1.54, 1.807) is 0 Å². The number of hydrogen-bond donors (Lipinski definition) is 0. The highest BCUT2D eigenvalue weighted by Crippen LogP contribution is 2.50. The average molecular weight is 133 g/mol. The monoisotopic (exact) mass is 133 g/mol. The van der Waals surface area contributed by atoms with Crippen LogP contribution in [0.1, 0.15) is 20.3 Å². The van der Waals surface area contributed by atoms with Crippen molar-refractivity contribution in [3.05, 3.63) is 0 Å². The third-order valence-corrected chi connectivity index (χ3v) is 5.05. The van der Waals surface area contributed by atoms with Gasteiger partial charge in [-0.15, -0.1) is 0 Å². The molecule has 0 N–H and O–H groups in total. The molecule has 0 atom stereocenters. The molecule has 0 fully saturated rings. The van der Waals surface area contributed by atoms with Crippen molar-refractivity contribution in [3.8, 4) is 0 Å². The fraction of sp³-hybridized carbons (Fsp3) is 1.00. The number of rotatable bonds is 3. The van der Waals surface area contributed by atoms with E-state index in [0.29, 0.717) is 0 Å². The SMILES string of the molecule is CCC[P+](C)(C)CC. The van der Waals surface area contributed by atoms with Crippen LogP contribution in [-0.2, 0) is 0 Å². The quantitative estimate of drug-likeness (QED) is 0.519. The molecule has 0 amide bonds. The van der Waals surface area contributed by atoms with Crippen molar-refractivity contribution in [2.24, 2.45) is 0 Å². The number of hydrogen-bond acceptors (Lipinski definition) is 0. The first-order chi connectivity index (χ1) is 3.62. The van der Waals surface area contributed by atoms with Crippen molar-refractivity contribution in [2.75, 3.05) is 25.7 Å². The Hall–Kier alpha value is 0.430. The van der Waals surface area contributed by atoms with E-state index in [-0.39, 0.29) is 0 Å². The molecule has 0 aromatic heterocycles. The summed E-state index contributed by atoms with van der Waals surface area (Å²) in [6.45, 7) is 9.47. The molecule has 0 aromatic rings. The third kappa shape index (κ3) is 3.43. The van der Waals surface area contributed by atoms with Crippen LogP contribution in [0.25, 0.3) is 0 Å². The van der Waals surface area contributed by atoms with Gasteiger partial charge in [0.05, 0.1) is 12.3 Å². The van der Waals surface area contributed by atoms with Gasteiger partial charge in [0.25, 0.3) is 0 Å². The van der Waals surface area contributed by atoms with E-state index in [1.165, 1.54) is 18.7 Å². The van der Waals surface area contributed by atoms with Crippen LogP contribution in [0.4, 0.5) is 0 Å². The van der Waals surface area contributed by atoms with Gasteiger partial charge >= 0.3 is 0 Å². The summed E-state index contributed by atoms with van der Waals surface area (Å²) < 4.78 is 0. The van der Waals surface area contributed by atoms with Crippen LogP contribution in [0.5, 0.6) is 0 Å². The van der Waals surface area contributed by atoms with Crippen molar-refractivity contribution in [2.45, 2.75) is 20.3 Å². The van der Waals surface area contributed by atoms with E-state index in [2.05, 4.69) is 27.2 Å². The summed E-state index contributed by atoms with van der Waals surface area (Å²) in [6, 6.07) is 0. The van der Waals surface area contributed by atoms with E-state index in [4.69, 9.17) is 0 Å². The largest absolute Gasteiger partial charge is 0.0619 e. The Bertz CT molecular complexity index is 57.4. The maximum absolute atomic E-state index is 2.44. The molecule has 0 spiro atoms. The standard InChI is InChI=1S/C7H18P/c1-5-7-8(3,4)6-2/h5-7H2,1-4H3/q+1. The van der Waals surface area contributed by atoms with Gasteiger partial charge in [-0.1, -0.05) is 6.92 Å². The molecule has 0 heterocycles. The Morgan fingerprint density at radius 2 is 1.62 bits per heavy atom. The van der Waals surface area contributed by atoms with Gasteiger partial charge in [0, 0.05) is 20.6 Å². The lowest BCUT2D eigenvalue weighted by Gasteiger charge is -2.13. The van der Waals surface area contributed by atoms with Gasteiger partial charge < -0.3 is 0 Å². The summed E-state index contributed by atoms with van der Waals surface area (Å²) in [5.41, 5.74) is 0. The van der Waals surface area contributed by atoms with Gasteiger partial charge in [-0.05, 0) is 13.3 Å². The van der Waals surface area contributed by atoms with Gasteiger partial charge in [0.15, 0.2) is 0 Å². The fourth-order valence-corrected chi connectivity index (χ4v) is 2.29. The van der Waals surface area contributed by atoms with Gasteiger partial charge in [-0.25, -0.2) is 0 Å². The molecular formula is C7H18P+. The molecule has 0 unspecified atom stereocenters. The molecule has 1 heteroatoms. The Kier molecular flexibility index (Phi) is 3.64. The summed E-state index contributed by atoms with van der Waals surface area (Å²) in [6.07, 6.45) is 4.26. The predicted molar refractivity (Wildman–Crippen MR) is 44.5 cm³/mol. The molecule has 0 rings (SSSR count). The highest BCUT2D eigenvalue weighted by Gasteiger charge is 2.19. The molecule has 0 bridgehead atoms. The van der Waals surface area contributed by atoms with Crippen LogP contribution in [-0.4, -0.2) is 25.7 Å². The minimum absolute atomic E-state index is 0.423. The van der Waals surface area contributed by atoms with Gasteiger partial charge in [0.2, 0.25) is 0 Å². The topological polar surface area (TPSA) is 0 Å². The van der Waals surface area contributed by atoms with E-state index in [0.717, 1.165) is 0 Å². The van der Waals surface area contributed by atoms with E-state index >= 15 is 0 Å². The zero-order valence-electron chi connectivity index (χ0n) is 6.57. The first-order valence-corrected chi connectivity index (χ1v) is 6.49. The molecule has 0 aliphatic rings. The molecule has 0 aliphatic carbocycles. The average Bonchev–Trinajstić information content (AvgIpc) is 1.67. The molecule has 0 radical (unpaired) electrons. The summed E-state index contributed by atoms with van der Waals surface area (Å²) in [5.74, 6) is 0. The zero-order valence-corrected chi connectivity index (χ0v) is 7.46. The van der Waals surface area contributed by atoms with Crippen LogP contribution in [0, 0.1) is 0 Å². The van der Waals surface area contributed by atoms with Crippen molar-refractivity contribution >= 4 is 7.26 Å². The van der Waals surface area contributed by atoms with Crippen LogP contribution < -0.4 is 0 Å². The predicted octanol–water partition coefficient (Wildman–Crippen LogP) is 2.69. The fourth-order valence-electron chi connectivity index (χ4n) is 0.763. The summed E-state index contributed by atoms with van der Waals surface area (Å²) >= 11 is 0. The maximum atomic E-state index is 2.44. The normalized spacial score (nSPS) is 12.0. The van der Waals surface area contributed by atoms with Gasteiger partial charge in [-0.2, -0.15) is 0 Å². The Morgan fingerprint density at radius 3 is 1.75 bits per heavy atom. The Balaban J connectivity index is 3.37. The van der Waals surface area contributed by atoms with Crippen molar-refractivity contribution < 1.29 is 0 Å². The first kappa shape index (κ1) is 8.43. The zero-order chi connectivity index (χ0) is 6.62.